The number of nitrogens with one attached hydrogen (secondary N) is 1. The maximum atomic E-state index is 12.4. The molecule has 2 atom stereocenters. The highest BCUT2D eigenvalue weighted by Gasteiger charge is 2.49. The van der Waals surface area contributed by atoms with Gasteiger partial charge in [0.05, 0.1) is 17.4 Å². The molecule has 118 valence electrons. The van der Waals surface area contributed by atoms with E-state index in [2.05, 4.69) is 5.43 Å². The summed E-state index contributed by atoms with van der Waals surface area (Å²) in [5.41, 5.74) is 4.10. The van der Waals surface area contributed by atoms with Crippen LogP contribution in [0.4, 0.5) is 0 Å². The van der Waals surface area contributed by atoms with Gasteiger partial charge in [-0.1, -0.05) is 19.8 Å². The predicted octanol–water partition coefficient (Wildman–Crippen LogP) is 2.44. The summed E-state index contributed by atoms with van der Waals surface area (Å²) in [6, 6.07) is 0. The lowest BCUT2D eigenvalue weighted by Crippen LogP contribution is -2.46. The lowest BCUT2D eigenvalue weighted by molar-refractivity contribution is -0.142. The number of thiophene rings is 1. The van der Waals surface area contributed by atoms with E-state index in [0.717, 1.165) is 47.6 Å². The number of carbonyl (C=O) groups excluding carboxylic acids is 3. The molecule has 0 spiro atoms. The molecule has 1 aromatic rings. The summed E-state index contributed by atoms with van der Waals surface area (Å²) < 4.78 is 0. The van der Waals surface area contributed by atoms with Crippen molar-refractivity contribution < 1.29 is 14.4 Å². The van der Waals surface area contributed by atoms with E-state index in [-0.39, 0.29) is 29.6 Å². The third-order valence-corrected chi connectivity index (χ3v) is 5.71. The maximum absolute atomic E-state index is 12.4. The Labute approximate surface area is 133 Å². The first-order valence-electron chi connectivity index (χ1n) is 7.80. The smallest absolute Gasteiger partial charge is 0.271 e. The number of aryl methyl sites for hydroxylation is 1. The van der Waals surface area contributed by atoms with Gasteiger partial charge in [0.1, 0.15) is 0 Å². The van der Waals surface area contributed by atoms with Gasteiger partial charge in [-0.05, 0) is 31.7 Å². The van der Waals surface area contributed by atoms with Crippen LogP contribution >= 0.6 is 11.3 Å². The number of rotatable bonds is 3. The second-order valence-electron chi connectivity index (χ2n) is 5.99. The SMILES string of the molecule is CCc1c(C(=O)NN2C(=O)[C@H]3CCCC[C@@H]3C2=O)csc1C. The predicted molar refractivity (Wildman–Crippen MR) is 83.2 cm³/mol. The molecule has 1 N–H and O–H groups in total. The molecule has 3 rings (SSSR count). The van der Waals surface area contributed by atoms with Crippen molar-refractivity contribution >= 4 is 29.1 Å². The average Bonchev–Trinajstić information content (AvgIpc) is 3.01. The molecule has 1 saturated carbocycles. The largest absolute Gasteiger partial charge is 0.272 e. The minimum Gasteiger partial charge on any atom is -0.272 e. The molecule has 0 radical (unpaired) electrons. The number of hydrogen-bond acceptors (Lipinski definition) is 4. The van der Waals surface area contributed by atoms with Crippen LogP contribution in [0.5, 0.6) is 0 Å². The van der Waals surface area contributed by atoms with Crippen LogP contribution < -0.4 is 5.43 Å². The Morgan fingerprint density at radius 2 is 1.86 bits per heavy atom. The summed E-state index contributed by atoms with van der Waals surface area (Å²) in [5.74, 6) is -1.32. The zero-order chi connectivity index (χ0) is 15.9. The molecule has 2 heterocycles. The monoisotopic (exact) mass is 320 g/mol. The van der Waals surface area contributed by atoms with Gasteiger partial charge in [-0.2, -0.15) is 5.01 Å². The first-order valence-corrected chi connectivity index (χ1v) is 8.68. The van der Waals surface area contributed by atoms with Crippen molar-refractivity contribution in [1.29, 1.82) is 0 Å². The van der Waals surface area contributed by atoms with Crippen molar-refractivity contribution in [3.05, 3.63) is 21.4 Å². The highest BCUT2D eigenvalue weighted by molar-refractivity contribution is 7.10. The van der Waals surface area contributed by atoms with Crippen LogP contribution in [0.15, 0.2) is 5.38 Å². The van der Waals surface area contributed by atoms with E-state index in [0.29, 0.717) is 5.56 Å². The van der Waals surface area contributed by atoms with Gasteiger partial charge < -0.3 is 0 Å². The fourth-order valence-electron chi connectivity index (χ4n) is 3.54. The molecule has 3 amide bonds. The van der Waals surface area contributed by atoms with Crippen molar-refractivity contribution in [1.82, 2.24) is 10.4 Å². The van der Waals surface area contributed by atoms with Gasteiger partial charge >= 0.3 is 0 Å². The zero-order valence-electron chi connectivity index (χ0n) is 12.8. The van der Waals surface area contributed by atoms with Crippen molar-refractivity contribution in [3.8, 4) is 0 Å². The van der Waals surface area contributed by atoms with Gasteiger partial charge in [0.25, 0.3) is 17.7 Å². The third-order valence-electron chi connectivity index (χ3n) is 4.76. The van der Waals surface area contributed by atoms with E-state index in [4.69, 9.17) is 0 Å². The Morgan fingerprint density at radius 3 is 2.41 bits per heavy atom. The summed E-state index contributed by atoms with van der Waals surface area (Å²) in [6.07, 6.45) is 4.21. The van der Waals surface area contributed by atoms with Crippen LogP contribution in [-0.2, 0) is 16.0 Å². The minimum atomic E-state index is -0.360. The Hall–Kier alpha value is -1.69. The molecule has 22 heavy (non-hydrogen) atoms. The Morgan fingerprint density at radius 1 is 1.27 bits per heavy atom. The van der Waals surface area contributed by atoms with Gasteiger partial charge in [-0.25, -0.2) is 0 Å². The normalized spacial score (nSPS) is 24.5. The summed E-state index contributed by atoms with van der Waals surface area (Å²) in [4.78, 5) is 38.3. The van der Waals surface area contributed by atoms with E-state index >= 15 is 0 Å². The molecule has 6 heteroatoms. The summed E-state index contributed by atoms with van der Waals surface area (Å²) >= 11 is 1.51. The number of amides is 3. The lowest BCUT2D eigenvalue weighted by atomic mass is 9.81. The number of carbonyl (C=O) groups is 3. The van der Waals surface area contributed by atoms with Crippen molar-refractivity contribution in [2.24, 2.45) is 11.8 Å². The van der Waals surface area contributed by atoms with Crippen LogP contribution in [0.25, 0.3) is 0 Å². The molecule has 1 aliphatic carbocycles. The van der Waals surface area contributed by atoms with Crippen LogP contribution in [0, 0.1) is 18.8 Å². The summed E-state index contributed by atoms with van der Waals surface area (Å²) in [5, 5.41) is 2.76. The molecule has 5 nitrogen and oxygen atoms in total. The quantitative estimate of drug-likeness (QED) is 0.870. The van der Waals surface area contributed by atoms with Gasteiger partial charge in [0, 0.05) is 10.3 Å². The average molecular weight is 320 g/mol. The summed E-state index contributed by atoms with van der Waals surface area (Å²) in [6.45, 7) is 3.97. The maximum Gasteiger partial charge on any atom is 0.271 e. The summed E-state index contributed by atoms with van der Waals surface area (Å²) in [7, 11) is 0. The van der Waals surface area contributed by atoms with Crippen molar-refractivity contribution in [2.45, 2.75) is 46.0 Å². The Kier molecular flexibility index (Phi) is 4.04. The van der Waals surface area contributed by atoms with E-state index in [9.17, 15) is 14.4 Å². The molecule has 1 saturated heterocycles. The van der Waals surface area contributed by atoms with Crippen molar-refractivity contribution in [2.75, 3.05) is 0 Å². The first-order chi connectivity index (χ1) is 10.5. The van der Waals surface area contributed by atoms with E-state index in [1.165, 1.54) is 11.3 Å². The molecule has 2 aliphatic rings. The van der Waals surface area contributed by atoms with Gasteiger partial charge in [0.2, 0.25) is 0 Å². The third kappa shape index (κ3) is 2.35. The van der Waals surface area contributed by atoms with E-state index in [1.54, 1.807) is 5.38 Å². The van der Waals surface area contributed by atoms with Gasteiger partial charge in [-0.3, -0.25) is 19.8 Å². The van der Waals surface area contributed by atoms with Crippen LogP contribution in [0.3, 0.4) is 0 Å². The van der Waals surface area contributed by atoms with Crippen LogP contribution in [0.2, 0.25) is 0 Å². The molecule has 0 unspecified atom stereocenters. The highest BCUT2D eigenvalue weighted by Crippen LogP contribution is 2.37. The Balaban J connectivity index is 1.79. The molecule has 2 fully saturated rings. The fraction of sp³-hybridized carbons (Fsp3) is 0.562. The fourth-order valence-corrected chi connectivity index (χ4v) is 4.48. The second-order valence-corrected chi connectivity index (χ2v) is 7.07. The van der Waals surface area contributed by atoms with E-state index < -0.39 is 0 Å². The number of nitrogens with zero attached hydrogens (tertiary/aromatic N) is 1. The Bertz CT molecular complexity index is 613. The second kappa shape index (κ2) is 5.83. The van der Waals surface area contributed by atoms with Crippen LogP contribution in [0.1, 0.15) is 53.4 Å². The van der Waals surface area contributed by atoms with Gasteiger partial charge in [0.15, 0.2) is 0 Å². The van der Waals surface area contributed by atoms with Crippen LogP contribution in [-0.4, -0.2) is 22.7 Å². The lowest BCUT2D eigenvalue weighted by Gasteiger charge is -2.19. The number of hydrogen-bond donors (Lipinski definition) is 1. The molecule has 0 aromatic carbocycles. The minimum absolute atomic E-state index is 0.239. The number of imide groups is 1. The molecule has 1 aliphatic heterocycles. The van der Waals surface area contributed by atoms with Gasteiger partial charge in [-0.15, -0.1) is 11.3 Å². The van der Waals surface area contributed by atoms with E-state index in [1.807, 2.05) is 13.8 Å². The molecular formula is C16H20N2O3S. The molecular weight excluding hydrogens is 300 g/mol. The molecule has 1 aromatic heterocycles. The first kappa shape index (κ1) is 15.2. The molecule has 0 bridgehead atoms. The number of fused-ring (bicyclic) bond motifs is 1. The topological polar surface area (TPSA) is 66.5 Å². The number of hydrazine groups is 1. The standard InChI is InChI=1S/C16H20N2O3S/c1-3-10-9(2)22-8-13(10)14(19)17-18-15(20)11-6-4-5-7-12(11)16(18)21/h8,11-12H,3-7H2,1-2H3,(H,17,19)/t11-,12-/m0/s1. The van der Waals surface area contributed by atoms with Crippen molar-refractivity contribution in [3.63, 3.8) is 0 Å². The highest BCUT2D eigenvalue weighted by atomic mass is 32.1. The zero-order valence-corrected chi connectivity index (χ0v) is 13.7.